The maximum Gasteiger partial charge on any atom is 0.255 e. The van der Waals surface area contributed by atoms with Crippen molar-refractivity contribution in [1.29, 1.82) is 0 Å². The third kappa shape index (κ3) is 8.81. The minimum atomic E-state index is -0.397. The number of nitrogens with one attached hydrogen (secondary N) is 2. The van der Waals surface area contributed by atoms with E-state index in [2.05, 4.69) is 53.7 Å². The summed E-state index contributed by atoms with van der Waals surface area (Å²) in [6, 6.07) is 8.27. The van der Waals surface area contributed by atoms with Gasteiger partial charge in [-0.1, -0.05) is 26.3 Å². The maximum absolute atomic E-state index is 15.6. The molecule has 10 rings (SSSR count). The Bertz CT molecular complexity index is 2300. The number of carbonyl (C=O) groups is 2. The Kier molecular flexibility index (Phi) is 11.5. The summed E-state index contributed by atoms with van der Waals surface area (Å²) >= 11 is 0. The average molecular weight is 842 g/mol. The third-order valence-electron chi connectivity index (χ3n) is 13.7. The van der Waals surface area contributed by atoms with E-state index < -0.39 is 5.82 Å². The van der Waals surface area contributed by atoms with Crippen molar-refractivity contribution in [1.82, 2.24) is 35.3 Å². The topological polar surface area (TPSA) is 143 Å². The number of halogens is 2. The Morgan fingerprint density at radius 2 is 1.70 bits per heavy atom. The molecule has 2 amide bonds. The van der Waals surface area contributed by atoms with Crippen LogP contribution in [-0.4, -0.2) is 110 Å². The molecule has 61 heavy (non-hydrogen) atoms. The molecule has 0 spiro atoms. The Labute approximate surface area is 358 Å². The van der Waals surface area contributed by atoms with Gasteiger partial charge in [-0.15, -0.1) is 0 Å². The number of rotatable bonds is 8. The first-order valence-electron chi connectivity index (χ1n) is 22.1. The van der Waals surface area contributed by atoms with E-state index in [1.165, 1.54) is 44.6 Å². The number of aliphatic hydroxyl groups excluding tert-OH is 1. The highest BCUT2D eigenvalue weighted by Crippen LogP contribution is 2.42. The van der Waals surface area contributed by atoms with E-state index in [1.54, 1.807) is 23.1 Å². The molecule has 4 aliphatic heterocycles. The van der Waals surface area contributed by atoms with Gasteiger partial charge in [-0.2, -0.15) is 5.10 Å². The van der Waals surface area contributed by atoms with Gasteiger partial charge in [0.2, 0.25) is 5.91 Å². The zero-order valence-corrected chi connectivity index (χ0v) is 35.3. The van der Waals surface area contributed by atoms with Crippen LogP contribution in [-0.2, 0) is 11.3 Å². The van der Waals surface area contributed by atoms with Crippen molar-refractivity contribution >= 4 is 34.2 Å². The number of piperidine rings is 2. The third-order valence-corrected chi connectivity index (χ3v) is 13.7. The molecule has 3 saturated heterocycles. The van der Waals surface area contributed by atoms with Crippen LogP contribution in [0, 0.1) is 23.5 Å². The van der Waals surface area contributed by atoms with E-state index in [-0.39, 0.29) is 50.5 Å². The van der Waals surface area contributed by atoms with Gasteiger partial charge in [-0.25, -0.2) is 18.7 Å². The van der Waals surface area contributed by atoms with Gasteiger partial charge >= 0.3 is 0 Å². The molecule has 2 aromatic carbocycles. The first-order chi connectivity index (χ1) is 29.4. The first kappa shape index (κ1) is 41.2. The molecule has 6 heterocycles. The largest absolute Gasteiger partial charge is 0.484 e. The molecule has 5 fully saturated rings. The second kappa shape index (κ2) is 17.0. The minimum Gasteiger partial charge on any atom is -0.484 e. The molecule has 1 atom stereocenters. The van der Waals surface area contributed by atoms with E-state index in [0.717, 1.165) is 88.0 Å². The molecule has 6 aliphatic rings. The molecular weight excluding hydrogens is 781 g/mol. The summed E-state index contributed by atoms with van der Waals surface area (Å²) in [5, 5.41) is 20.5. The number of hydrogen-bond donors (Lipinski definition) is 3. The highest BCUT2D eigenvalue weighted by Gasteiger charge is 2.41. The average Bonchev–Trinajstić information content (AvgIpc) is 3.69. The molecular formula is C46H61F2N9O4. The number of amides is 2. The number of benzene rings is 2. The Morgan fingerprint density at radius 3 is 2.43 bits per heavy atom. The van der Waals surface area contributed by atoms with Gasteiger partial charge in [0.1, 0.15) is 23.4 Å². The van der Waals surface area contributed by atoms with Crippen molar-refractivity contribution in [2.45, 2.75) is 102 Å². The molecule has 328 valence electrons. The van der Waals surface area contributed by atoms with Gasteiger partial charge in [0, 0.05) is 89.4 Å². The lowest BCUT2D eigenvalue weighted by atomic mass is 9.83. The predicted octanol–water partition coefficient (Wildman–Crippen LogP) is 7.07. The monoisotopic (exact) mass is 841 g/mol. The van der Waals surface area contributed by atoms with Crippen LogP contribution >= 0.6 is 0 Å². The van der Waals surface area contributed by atoms with Gasteiger partial charge in [-0.05, 0) is 81.9 Å². The zero-order valence-electron chi connectivity index (χ0n) is 35.3. The number of ether oxygens (including phenoxy) is 1. The molecule has 0 radical (unpaired) electrons. The van der Waals surface area contributed by atoms with Crippen molar-refractivity contribution < 1.29 is 31.1 Å². The number of aromatic nitrogens is 4. The van der Waals surface area contributed by atoms with Crippen LogP contribution in [0.15, 0.2) is 48.9 Å². The smallest absolute Gasteiger partial charge is 0.255 e. The summed E-state index contributed by atoms with van der Waals surface area (Å²) in [5.41, 5.74) is 3.68. The fourth-order valence-electron chi connectivity index (χ4n) is 9.60. The first-order valence-corrected chi connectivity index (χ1v) is 22.1. The van der Waals surface area contributed by atoms with Gasteiger partial charge in [-0.3, -0.25) is 19.6 Å². The standard InChI is InChI=1S/C26H35FN4O2.C20H22FN5O2.2H2/c1-17-3-5-19(6-4-17)15-29-11-13-30(14-12-29)23-8-7-20-21(25(23)27)16-31(26(20)33)22-9-10-24(32)28-18(22)2;1-20(4-5-20)28-17-8-13-15(9-14(17)21)24-25-19(13)16-10-18(23-11-22-16)26-6-2-12(27)3-7-26;;/h7-8,17,19,22H,2-6,9-16H2,1H3,(H,28,32);8-12,27H,2-7H2,1H3,(H,24,25);2*1H. The zero-order chi connectivity index (χ0) is 42.4. The number of anilines is 2. The van der Waals surface area contributed by atoms with E-state index in [1.807, 2.05) is 13.0 Å². The lowest BCUT2D eigenvalue weighted by Gasteiger charge is -2.39. The van der Waals surface area contributed by atoms with E-state index in [0.29, 0.717) is 52.3 Å². The number of hydrogen-bond acceptors (Lipinski definition) is 10. The van der Waals surface area contributed by atoms with Crippen LogP contribution < -0.4 is 19.9 Å². The molecule has 3 N–H and O–H groups in total. The van der Waals surface area contributed by atoms with Crippen LogP contribution in [0.5, 0.6) is 5.75 Å². The molecule has 2 aromatic heterocycles. The Balaban J connectivity index is 0.000000185. The number of piperazine rings is 1. The van der Waals surface area contributed by atoms with E-state index >= 15 is 4.39 Å². The van der Waals surface area contributed by atoms with Crippen molar-refractivity contribution in [3.05, 3.63) is 71.7 Å². The molecule has 1 unspecified atom stereocenters. The number of aromatic amines is 1. The van der Waals surface area contributed by atoms with Crippen LogP contribution in [0.3, 0.4) is 0 Å². The van der Waals surface area contributed by atoms with Crippen molar-refractivity contribution in [3.63, 3.8) is 0 Å². The minimum absolute atomic E-state index is 0. The fourth-order valence-corrected chi connectivity index (χ4v) is 9.60. The van der Waals surface area contributed by atoms with Crippen molar-refractivity contribution in [2.75, 3.05) is 55.6 Å². The molecule has 0 bridgehead atoms. The second-order valence-electron chi connectivity index (χ2n) is 18.3. The summed E-state index contributed by atoms with van der Waals surface area (Å²) in [7, 11) is 0. The highest BCUT2D eigenvalue weighted by atomic mass is 19.1. The Hall–Kier alpha value is -5.15. The summed E-state index contributed by atoms with van der Waals surface area (Å²) in [6.07, 6.45) is 10.8. The van der Waals surface area contributed by atoms with Crippen LogP contribution in [0.2, 0.25) is 0 Å². The number of aliphatic hydroxyl groups is 1. The summed E-state index contributed by atoms with van der Waals surface area (Å²) in [4.78, 5) is 41.8. The van der Waals surface area contributed by atoms with E-state index in [4.69, 9.17) is 4.74 Å². The molecule has 2 saturated carbocycles. The lowest BCUT2D eigenvalue weighted by Crippen LogP contribution is -2.48. The second-order valence-corrected chi connectivity index (χ2v) is 18.3. The number of H-pyrrole nitrogens is 1. The van der Waals surface area contributed by atoms with Crippen LogP contribution in [0.4, 0.5) is 20.3 Å². The molecule has 15 heteroatoms. The van der Waals surface area contributed by atoms with Gasteiger partial charge in [0.25, 0.3) is 5.91 Å². The fraction of sp³-hybridized carbons (Fsp3) is 0.543. The van der Waals surface area contributed by atoms with Gasteiger partial charge in [0.15, 0.2) is 17.4 Å². The molecule has 4 aromatic rings. The van der Waals surface area contributed by atoms with E-state index in [9.17, 15) is 19.1 Å². The van der Waals surface area contributed by atoms with Gasteiger partial charge < -0.3 is 29.9 Å². The predicted molar refractivity (Wildman–Crippen MR) is 233 cm³/mol. The highest BCUT2D eigenvalue weighted by molar-refractivity contribution is 5.99. The van der Waals surface area contributed by atoms with Crippen molar-refractivity contribution in [2.24, 2.45) is 11.8 Å². The number of carbonyl (C=O) groups excluding carboxylic acids is 2. The quantitative estimate of drug-likeness (QED) is 0.169. The SMILES string of the molecule is C=C1NC(=O)CCC1N1Cc2c(ccc(N3CCN(CC4CCC(C)CC4)CC3)c2F)C1=O.CC1(Oc2cc3c(-c4cc(N5CCC(O)CC5)ncn4)n[nH]c3cc2F)CC1.[HH].[HH]. The Morgan fingerprint density at radius 1 is 0.951 bits per heavy atom. The van der Waals surface area contributed by atoms with Crippen LogP contribution in [0.25, 0.3) is 22.3 Å². The molecule has 13 nitrogen and oxygen atoms in total. The number of fused-ring (bicyclic) bond motifs is 2. The van der Waals surface area contributed by atoms with Crippen LogP contribution in [0.1, 0.15) is 96.8 Å². The molecule has 2 aliphatic carbocycles. The van der Waals surface area contributed by atoms with Gasteiger partial charge in [0.05, 0.1) is 35.6 Å². The normalized spacial score (nSPS) is 24.4. The summed E-state index contributed by atoms with van der Waals surface area (Å²) < 4.78 is 35.9. The number of nitrogens with zero attached hydrogens (tertiary/aromatic N) is 7. The summed E-state index contributed by atoms with van der Waals surface area (Å²) in [6.45, 7) is 14.7. The lowest BCUT2D eigenvalue weighted by molar-refractivity contribution is -0.121. The maximum atomic E-state index is 15.6. The summed E-state index contributed by atoms with van der Waals surface area (Å²) in [5.74, 6) is 1.80. The van der Waals surface area contributed by atoms with Crippen molar-refractivity contribution in [3.8, 4) is 17.1 Å².